The fourth-order valence-corrected chi connectivity index (χ4v) is 3.27. The Morgan fingerprint density at radius 1 is 1.07 bits per heavy atom. The number of esters is 1. The van der Waals surface area contributed by atoms with Crippen LogP contribution in [-0.4, -0.2) is 36.8 Å². The number of amides is 3. The second-order valence-corrected chi connectivity index (χ2v) is 6.93. The molecule has 0 aromatic heterocycles. The summed E-state index contributed by atoms with van der Waals surface area (Å²) in [7, 11) is 0. The van der Waals surface area contributed by atoms with Gasteiger partial charge in [-0.3, -0.25) is 14.4 Å². The molecule has 0 aliphatic carbocycles. The molecule has 30 heavy (non-hydrogen) atoms. The lowest BCUT2D eigenvalue weighted by atomic mass is 10.1. The molecule has 0 bridgehead atoms. The summed E-state index contributed by atoms with van der Waals surface area (Å²) in [6, 6.07) is 13.4. The van der Waals surface area contributed by atoms with Crippen LogP contribution in [0.3, 0.4) is 0 Å². The Labute approximate surface area is 174 Å². The molecule has 0 saturated carbocycles. The SMILES string of the molecule is CCOC(=O)c1cccc(NC(=O)C2CC(=O)N(c3cccc(NC(C)=O)c3)C2)c1. The minimum absolute atomic E-state index is 0.0771. The molecule has 1 heterocycles. The average Bonchev–Trinajstić information content (AvgIpc) is 3.10. The second kappa shape index (κ2) is 9.21. The molecule has 156 valence electrons. The standard InChI is InChI=1S/C22H23N3O5/c1-3-30-22(29)15-6-4-7-17(10-15)24-21(28)16-11-20(27)25(13-16)19-9-5-8-18(12-19)23-14(2)26/h4-10,12,16H,3,11,13H2,1-2H3,(H,23,26)(H,24,28). The maximum atomic E-state index is 12.7. The van der Waals surface area contributed by atoms with Crippen molar-refractivity contribution >= 4 is 40.8 Å². The van der Waals surface area contributed by atoms with Crippen molar-refractivity contribution in [3.63, 3.8) is 0 Å². The van der Waals surface area contributed by atoms with Crippen molar-refractivity contribution in [1.29, 1.82) is 0 Å². The molecule has 0 radical (unpaired) electrons. The Bertz CT molecular complexity index is 988. The number of hydrogen-bond acceptors (Lipinski definition) is 5. The summed E-state index contributed by atoms with van der Waals surface area (Å²) in [6.07, 6.45) is 0.0771. The van der Waals surface area contributed by atoms with E-state index in [0.29, 0.717) is 22.6 Å². The van der Waals surface area contributed by atoms with Gasteiger partial charge in [-0.05, 0) is 43.3 Å². The monoisotopic (exact) mass is 409 g/mol. The summed E-state index contributed by atoms with van der Waals surface area (Å²) in [5.74, 6) is -1.68. The minimum atomic E-state index is -0.534. The molecule has 1 unspecified atom stereocenters. The molecule has 8 heteroatoms. The van der Waals surface area contributed by atoms with Gasteiger partial charge in [0, 0.05) is 37.0 Å². The van der Waals surface area contributed by atoms with Gasteiger partial charge in [0.2, 0.25) is 17.7 Å². The molecule has 1 fully saturated rings. The van der Waals surface area contributed by atoms with Gasteiger partial charge in [0.1, 0.15) is 0 Å². The topological polar surface area (TPSA) is 105 Å². The summed E-state index contributed by atoms with van der Waals surface area (Å²) >= 11 is 0. The van der Waals surface area contributed by atoms with E-state index in [1.54, 1.807) is 55.5 Å². The van der Waals surface area contributed by atoms with Crippen molar-refractivity contribution in [1.82, 2.24) is 0 Å². The highest BCUT2D eigenvalue weighted by Crippen LogP contribution is 2.28. The number of carbonyl (C=O) groups is 4. The van der Waals surface area contributed by atoms with Crippen LogP contribution in [0, 0.1) is 5.92 Å². The molecule has 8 nitrogen and oxygen atoms in total. The number of ether oxygens (including phenoxy) is 1. The number of carbonyl (C=O) groups excluding carboxylic acids is 4. The number of benzene rings is 2. The highest BCUT2D eigenvalue weighted by molar-refractivity contribution is 6.04. The highest BCUT2D eigenvalue weighted by Gasteiger charge is 2.35. The molecule has 2 N–H and O–H groups in total. The molecule has 3 rings (SSSR count). The zero-order chi connectivity index (χ0) is 21.7. The third kappa shape index (κ3) is 5.02. The zero-order valence-corrected chi connectivity index (χ0v) is 16.8. The summed E-state index contributed by atoms with van der Waals surface area (Å²) in [6.45, 7) is 3.62. The predicted octanol–water partition coefficient (Wildman–Crippen LogP) is 2.81. The van der Waals surface area contributed by atoms with E-state index in [0.717, 1.165) is 0 Å². The van der Waals surface area contributed by atoms with Crippen LogP contribution < -0.4 is 15.5 Å². The maximum absolute atomic E-state index is 12.7. The quantitative estimate of drug-likeness (QED) is 0.714. The Hall–Kier alpha value is -3.68. The van der Waals surface area contributed by atoms with Crippen molar-refractivity contribution in [3.8, 4) is 0 Å². The number of rotatable bonds is 6. The minimum Gasteiger partial charge on any atom is -0.462 e. The van der Waals surface area contributed by atoms with Gasteiger partial charge < -0.3 is 20.3 Å². The summed E-state index contributed by atoms with van der Waals surface area (Å²) in [5, 5.41) is 5.45. The van der Waals surface area contributed by atoms with Crippen molar-refractivity contribution in [3.05, 3.63) is 54.1 Å². The largest absolute Gasteiger partial charge is 0.462 e. The molecule has 1 saturated heterocycles. The van der Waals surface area contributed by atoms with E-state index >= 15 is 0 Å². The number of anilines is 3. The van der Waals surface area contributed by atoms with Gasteiger partial charge >= 0.3 is 5.97 Å². The molecule has 2 aromatic rings. The van der Waals surface area contributed by atoms with Crippen molar-refractivity contribution in [2.75, 3.05) is 28.7 Å². The van der Waals surface area contributed by atoms with E-state index < -0.39 is 11.9 Å². The van der Waals surface area contributed by atoms with Crippen molar-refractivity contribution < 1.29 is 23.9 Å². The number of hydrogen-bond donors (Lipinski definition) is 2. The normalized spacial score (nSPS) is 15.6. The smallest absolute Gasteiger partial charge is 0.338 e. The van der Waals surface area contributed by atoms with E-state index in [4.69, 9.17) is 4.74 Å². The average molecular weight is 409 g/mol. The predicted molar refractivity (Wildman–Crippen MR) is 112 cm³/mol. The van der Waals surface area contributed by atoms with Gasteiger partial charge in [0.15, 0.2) is 0 Å². The Kier molecular flexibility index (Phi) is 6.46. The van der Waals surface area contributed by atoms with Crippen LogP contribution in [-0.2, 0) is 19.1 Å². The van der Waals surface area contributed by atoms with Crippen LogP contribution in [0.25, 0.3) is 0 Å². The summed E-state index contributed by atoms with van der Waals surface area (Å²) in [5.41, 5.74) is 2.00. The van der Waals surface area contributed by atoms with E-state index in [-0.39, 0.29) is 37.3 Å². The van der Waals surface area contributed by atoms with Gasteiger partial charge in [-0.2, -0.15) is 0 Å². The zero-order valence-electron chi connectivity index (χ0n) is 16.8. The van der Waals surface area contributed by atoms with E-state index in [1.165, 1.54) is 11.8 Å². The Balaban J connectivity index is 1.68. The lowest BCUT2D eigenvalue weighted by Gasteiger charge is -2.18. The second-order valence-electron chi connectivity index (χ2n) is 6.93. The van der Waals surface area contributed by atoms with Crippen LogP contribution in [0.5, 0.6) is 0 Å². The van der Waals surface area contributed by atoms with Crippen LogP contribution in [0.15, 0.2) is 48.5 Å². The Morgan fingerprint density at radius 2 is 1.77 bits per heavy atom. The Morgan fingerprint density at radius 3 is 2.47 bits per heavy atom. The van der Waals surface area contributed by atoms with Gasteiger partial charge in [-0.15, -0.1) is 0 Å². The third-order valence-electron chi connectivity index (χ3n) is 4.62. The lowest BCUT2D eigenvalue weighted by Crippen LogP contribution is -2.28. The van der Waals surface area contributed by atoms with E-state index in [1.807, 2.05) is 0 Å². The molecular weight excluding hydrogens is 386 g/mol. The summed E-state index contributed by atoms with van der Waals surface area (Å²) in [4.78, 5) is 49.8. The molecule has 0 spiro atoms. The van der Waals surface area contributed by atoms with Gasteiger partial charge in [-0.25, -0.2) is 4.79 Å². The van der Waals surface area contributed by atoms with Gasteiger partial charge in [-0.1, -0.05) is 12.1 Å². The number of nitrogens with one attached hydrogen (secondary N) is 2. The summed E-state index contributed by atoms with van der Waals surface area (Å²) < 4.78 is 4.97. The maximum Gasteiger partial charge on any atom is 0.338 e. The molecule has 2 aromatic carbocycles. The van der Waals surface area contributed by atoms with E-state index in [9.17, 15) is 19.2 Å². The van der Waals surface area contributed by atoms with Gasteiger partial charge in [0.05, 0.1) is 18.1 Å². The fourth-order valence-electron chi connectivity index (χ4n) is 3.27. The van der Waals surface area contributed by atoms with Crippen molar-refractivity contribution in [2.24, 2.45) is 5.92 Å². The fraction of sp³-hybridized carbons (Fsp3) is 0.273. The molecule has 3 amide bonds. The first-order valence-electron chi connectivity index (χ1n) is 9.63. The first-order valence-corrected chi connectivity index (χ1v) is 9.63. The van der Waals surface area contributed by atoms with Crippen LogP contribution >= 0.6 is 0 Å². The van der Waals surface area contributed by atoms with Crippen LogP contribution in [0.2, 0.25) is 0 Å². The van der Waals surface area contributed by atoms with Crippen molar-refractivity contribution in [2.45, 2.75) is 20.3 Å². The first kappa shape index (κ1) is 21.0. The third-order valence-corrected chi connectivity index (χ3v) is 4.62. The first-order chi connectivity index (χ1) is 14.4. The van der Waals surface area contributed by atoms with Crippen LogP contribution in [0.4, 0.5) is 17.1 Å². The molecule has 1 atom stereocenters. The van der Waals surface area contributed by atoms with E-state index in [2.05, 4.69) is 10.6 Å². The van der Waals surface area contributed by atoms with Gasteiger partial charge in [0.25, 0.3) is 0 Å². The lowest BCUT2D eigenvalue weighted by molar-refractivity contribution is -0.122. The molecular formula is C22H23N3O5. The number of nitrogens with zero attached hydrogens (tertiary/aromatic N) is 1. The van der Waals surface area contributed by atoms with Crippen LogP contribution in [0.1, 0.15) is 30.6 Å². The highest BCUT2D eigenvalue weighted by atomic mass is 16.5. The molecule has 1 aliphatic rings. The molecule has 1 aliphatic heterocycles.